The first kappa shape index (κ1) is 12.1. The van der Waals surface area contributed by atoms with E-state index < -0.39 is 7.37 Å². The van der Waals surface area contributed by atoms with E-state index in [9.17, 15) is 4.57 Å². The van der Waals surface area contributed by atoms with E-state index in [1.165, 1.54) is 6.66 Å². The lowest BCUT2D eigenvalue weighted by Crippen LogP contribution is -3.00. The van der Waals surface area contributed by atoms with Crippen molar-refractivity contribution in [2.75, 3.05) is 19.4 Å². The van der Waals surface area contributed by atoms with E-state index in [4.69, 9.17) is 10.6 Å². The summed E-state index contributed by atoms with van der Waals surface area (Å²) in [7, 11) is -2.76. The Kier molecular flexibility index (Phi) is 7.08. The van der Waals surface area contributed by atoms with Crippen molar-refractivity contribution in [1.29, 1.82) is 0 Å². The summed E-state index contributed by atoms with van der Waals surface area (Å²) in [6.07, 6.45) is 0.994. The van der Waals surface area contributed by atoms with Crippen molar-refractivity contribution in [3.63, 3.8) is 0 Å². The first-order valence-corrected chi connectivity index (χ1v) is 4.85. The van der Waals surface area contributed by atoms with Gasteiger partial charge in [-0.25, -0.2) is 0 Å². The molecule has 0 aliphatic carbocycles. The minimum atomic E-state index is -2.76. The molecule has 0 spiro atoms. The molecular weight excluding hydrogens is 160 g/mol. The van der Waals surface area contributed by atoms with Crippen molar-refractivity contribution in [3.8, 4) is 0 Å². The van der Waals surface area contributed by atoms with Crippen LogP contribution in [-0.4, -0.2) is 24.3 Å². The topological polar surface area (TPSA) is 63.3 Å². The van der Waals surface area contributed by atoms with E-state index in [1.807, 2.05) is 0 Å². The molecule has 0 fully saturated rings. The van der Waals surface area contributed by atoms with Crippen LogP contribution >= 0.6 is 7.37 Å². The molecular formula is C4H12ClNO2P-. The van der Waals surface area contributed by atoms with Crippen LogP contribution in [0.25, 0.3) is 0 Å². The minimum absolute atomic E-state index is 0. The van der Waals surface area contributed by atoms with Crippen molar-refractivity contribution in [3.05, 3.63) is 0 Å². The highest BCUT2D eigenvalue weighted by Crippen LogP contribution is 2.35. The molecule has 0 heterocycles. The van der Waals surface area contributed by atoms with Gasteiger partial charge in [0.25, 0.3) is 0 Å². The van der Waals surface area contributed by atoms with E-state index in [0.717, 1.165) is 0 Å². The standard InChI is InChI=1S/C4H12NO2P.ClH/c1-8(6,7)4-2-3-5;/h2-5H2,1H3,(H,6,7);1H/p-1. The van der Waals surface area contributed by atoms with Gasteiger partial charge in [-0.05, 0) is 13.0 Å². The molecule has 5 heteroatoms. The Morgan fingerprint density at radius 2 is 2.11 bits per heavy atom. The molecule has 3 nitrogen and oxygen atoms in total. The van der Waals surface area contributed by atoms with Crippen molar-refractivity contribution < 1.29 is 21.9 Å². The fourth-order valence-electron chi connectivity index (χ4n) is 0.385. The smallest absolute Gasteiger partial charge is 0.197 e. The first-order chi connectivity index (χ1) is 3.56. The molecule has 0 amide bonds. The third-order valence-electron chi connectivity index (χ3n) is 0.777. The van der Waals surface area contributed by atoms with Crippen LogP contribution in [0, 0.1) is 0 Å². The molecule has 0 bridgehead atoms. The van der Waals surface area contributed by atoms with E-state index >= 15 is 0 Å². The average molecular weight is 173 g/mol. The molecule has 0 saturated heterocycles. The van der Waals surface area contributed by atoms with Crippen LogP contribution in [-0.2, 0) is 4.57 Å². The third-order valence-corrected chi connectivity index (χ3v) is 1.92. The number of nitrogens with two attached hydrogens (primary N) is 1. The second kappa shape index (κ2) is 5.24. The van der Waals surface area contributed by atoms with E-state index in [-0.39, 0.29) is 12.4 Å². The molecule has 0 aromatic heterocycles. The maximum Gasteiger partial charge on any atom is 0.197 e. The third kappa shape index (κ3) is 11.8. The van der Waals surface area contributed by atoms with Gasteiger partial charge in [0.15, 0.2) is 7.37 Å². The monoisotopic (exact) mass is 172 g/mol. The first-order valence-electron chi connectivity index (χ1n) is 2.55. The number of rotatable bonds is 3. The van der Waals surface area contributed by atoms with Crippen molar-refractivity contribution in [2.45, 2.75) is 6.42 Å². The zero-order chi connectivity index (χ0) is 6.62. The van der Waals surface area contributed by atoms with Gasteiger partial charge in [-0.1, -0.05) is 0 Å². The second-order valence-corrected chi connectivity index (χ2v) is 4.47. The quantitative estimate of drug-likeness (QED) is 0.454. The van der Waals surface area contributed by atoms with Crippen molar-refractivity contribution >= 4 is 7.37 Å². The van der Waals surface area contributed by atoms with Gasteiger partial charge >= 0.3 is 0 Å². The maximum atomic E-state index is 10.5. The van der Waals surface area contributed by atoms with Gasteiger partial charge in [0.05, 0.1) is 0 Å². The van der Waals surface area contributed by atoms with Gasteiger partial charge in [-0.2, -0.15) is 0 Å². The molecule has 9 heavy (non-hydrogen) atoms. The SMILES string of the molecule is CP(=O)(O)CCCN.[Cl-]. The largest absolute Gasteiger partial charge is 1.00 e. The number of halogens is 1. The Balaban J connectivity index is 0. The molecule has 0 aliphatic heterocycles. The highest BCUT2D eigenvalue weighted by Gasteiger charge is 2.06. The fourth-order valence-corrected chi connectivity index (χ4v) is 1.15. The lowest BCUT2D eigenvalue weighted by atomic mass is 10.5. The molecule has 0 radical (unpaired) electrons. The summed E-state index contributed by atoms with van der Waals surface area (Å²) in [5, 5.41) is 0. The molecule has 0 aliphatic rings. The predicted molar refractivity (Wildman–Crippen MR) is 34.3 cm³/mol. The van der Waals surface area contributed by atoms with Crippen LogP contribution in [0.15, 0.2) is 0 Å². The van der Waals surface area contributed by atoms with E-state index in [0.29, 0.717) is 19.1 Å². The van der Waals surface area contributed by atoms with Gasteiger partial charge in [0.1, 0.15) is 0 Å². The summed E-state index contributed by atoms with van der Waals surface area (Å²) >= 11 is 0. The Bertz CT molecular complexity index is 103. The summed E-state index contributed by atoms with van der Waals surface area (Å²) in [5.41, 5.74) is 5.10. The van der Waals surface area contributed by atoms with Gasteiger partial charge in [-0.3, -0.25) is 4.57 Å². The summed E-state index contributed by atoms with van der Waals surface area (Å²) in [5.74, 6) is 0. The van der Waals surface area contributed by atoms with Gasteiger partial charge in [0.2, 0.25) is 0 Å². The van der Waals surface area contributed by atoms with Gasteiger partial charge in [0, 0.05) is 12.8 Å². The highest BCUT2D eigenvalue weighted by atomic mass is 35.5. The fraction of sp³-hybridized carbons (Fsp3) is 1.00. The molecule has 0 aromatic carbocycles. The summed E-state index contributed by atoms with van der Waals surface area (Å²) in [4.78, 5) is 8.65. The zero-order valence-electron chi connectivity index (χ0n) is 5.38. The highest BCUT2D eigenvalue weighted by molar-refractivity contribution is 7.57. The van der Waals surface area contributed by atoms with Crippen molar-refractivity contribution in [1.82, 2.24) is 0 Å². The predicted octanol–water partition coefficient (Wildman–Crippen LogP) is -2.76. The summed E-state index contributed by atoms with van der Waals surface area (Å²) in [6, 6.07) is 0. The van der Waals surface area contributed by atoms with E-state index in [1.54, 1.807) is 0 Å². The Labute approximate surface area is 61.5 Å². The summed E-state index contributed by atoms with van der Waals surface area (Å²) < 4.78 is 10.5. The van der Waals surface area contributed by atoms with Crippen LogP contribution < -0.4 is 18.1 Å². The molecule has 0 saturated carbocycles. The summed E-state index contributed by atoms with van der Waals surface area (Å²) in [6.45, 7) is 1.85. The molecule has 0 aromatic rings. The van der Waals surface area contributed by atoms with Crippen LogP contribution in [0.2, 0.25) is 0 Å². The van der Waals surface area contributed by atoms with Crippen LogP contribution in [0.1, 0.15) is 6.42 Å². The van der Waals surface area contributed by atoms with Gasteiger partial charge in [-0.15, -0.1) is 0 Å². The lowest BCUT2D eigenvalue weighted by Gasteiger charge is -2.00. The van der Waals surface area contributed by atoms with E-state index in [2.05, 4.69) is 0 Å². The molecule has 58 valence electrons. The molecule has 1 unspecified atom stereocenters. The Morgan fingerprint density at radius 1 is 1.67 bits per heavy atom. The van der Waals surface area contributed by atoms with Crippen LogP contribution in [0.4, 0.5) is 0 Å². The zero-order valence-corrected chi connectivity index (χ0v) is 7.03. The minimum Gasteiger partial charge on any atom is -1.00 e. The second-order valence-electron chi connectivity index (χ2n) is 1.92. The Hall–Kier alpha value is 0.440. The molecule has 0 rings (SSSR count). The normalized spacial score (nSPS) is 15.9. The molecule has 1 atom stereocenters. The van der Waals surface area contributed by atoms with Crippen LogP contribution in [0.3, 0.4) is 0 Å². The van der Waals surface area contributed by atoms with Gasteiger partial charge < -0.3 is 23.0 Å². The molecule has 3 N–H and O–H groups in total. The van der Waals surface area contributed by atoms with Crippen molar-refractivity contribution in [2.24, 2.45) is 5.73 Å². The number of hydrogen-bond donors (Lipinski definition) is 2. The average Bonchev–Trinajstić information content (AvgIpc) is 1.59. The number of hydrogen-bond acceptors (Lipinski definition) is 2. The Morgan fingerprint density at radius 3 is 2.22 bits per heavy atom. The maximum absolute atomic E-state index is 10.5. The lowest BCUT2D eigenvalue weighted by molar-refractivity contribution is -0.00000490. The van der Waals surface area contributed by atoms with Crippen LogP contribution in [0.5, 0.6) is 0 Å².